The van der Waals surface area contributed by atoms with Crippen molar-refractivity contribution >= 4 is 17.5 Å². The van der Waals surface area contributed by atoms with Crippen LogP contribution in [0.2, 0.25) is 0 Å². The molecule has 0 spiro atoms. The summed E-state index contributed by atoms with van der Waals surface area (Å²) in [7, 11) is 0. The summed E-state index contributed by atoms with van der Waals surface area (Å²) in [5.74, 6) is 3.92. The summed E-state index contributed by atoms with van der Waals surface area (Å²) in [6.07, 6.45) is 7.69. The van der Waals surface area contributed by atoms with Gasteiger partial charge in [-0.05, 0) is 56.6 Å². The molecule has 0 aromatic rings. The monoisotopic (exact) mass is 224 g/mol. The molecule has 0 aromatic heterocycles. The molecule has 2 saturated carbocycles. The summed E-state index contributed by atoms with van der Waals surface area (Å²) in [5, 5.41) is 0. The van der Waals surface area contributed by atoms with Gasteiger partial charge >= 0.3 is 0 Å². The van der Waals surface area contributed by atoms with E-state index in [-0.39, 0.29) is 4.75 Å². The third-order valence-electron chi connectivity index (χ3n) is 4.81. The van der Waals surface area contributed by atoms with Gasteiger partial charge in [-0.3, -0.25) is 4.79 Å². The molecule has 2 heteroatoms. The van der Waals surface area contributed by atoms with Gasteiger partial charge in [0.1, 0.15) is 0 Å². The Morgan fingerprint density at radius 2 is 2.20 bits per heavy atom. The maximum Gasteiger partial charge on any atom is 0.151 e. The molecular weight excluding hydrogens is 204 g/mol. The van der Waals surface area contributed by atoms with Gasteiger partial charge in [-0.2, -0.15) is 0 Å². The highest BCUT2D eigenvalue weighted by Crippen LogP contribution is 2.52. The summed E-state index contributed by atoms with van der Waals surface area (Å²) >= 11 is 1.92. The van der Waals surface area contributed by atoms with E-state index in [0.717, 1.165) is 18.3 Å². The normalized spacial score (nSPS) is 48.7. The first-order chi connectivity index (χ1) is 7.19. The number of hydrogen-bond donors (Lipinski definition) is 0. The Morgan fingerprint density at radius 3 is 2.73 bits per heavy atom. The van der Waals surface area contributed by atoms with Crippen molar-refractivity contribution in [3.8, 4) is 0 Å². The Kier molecular flexibility index (Phi) is 2.39. The molecule has 3 rings (SSSR count). The zero-order valence-corrected chi connectivity index (χ0v) is 10.3. The number of thioether (sulfide) groups is 1. The lowest BCUT2D eigenvalue weighted by atomic mass is 9.80. The standard InChI is InChI=1S/C13H20OS/c1-13(5-2-6-15-13)12(14)11-8-9-3-4-10(11)7-9/h9-11H,2-8H2,1H3. The van der Waals surface area contributed by atoms with E-state index in [1.807, 2.05) is 11.8 Å². The first kappa shape index (κ1) is 10.2. The van der Waals surface area contributed by atoms with Gasteiger partial charge < -0.3 is 0 Å². The number of carbonyl (C=O) groups excluding carboxylic acids is 1. The quantitative estimate of drug-likeness (QED) is 0.716. The van der Waals surface area contributed by atoms with Gasteiger partial charge in [0.05, 0.1) is 4.75 Å². The van der Waals surface area contributed by atoms with Gasteiger partial charge in [0.15, 0.2) is 5.78 Å². The van der Waals surface area contributed by atoms with Crippen molar-refractivity contribution in [1.82, 2.24) is 0 Å². The Morgan fingerprint density at radius 1 is 1.33 bits per heavy atom. The molecule has 0 aromatic carbocycles. The molecule has 1 aliphatic heterocycles. The molecule has 4 atom stereocenters. The Labute approximate surface area is 96.4 Å². The van der Waals surface area contributed by atoms with E-state index in [2.05, 4.69) is 6.92 Å². The Balaban J connectivity index is 1.74. The molecule has 0 amide bonds. The van der Waals surface area contributed by atoms with Gasteiger partial charge in [0, 0.05) is 5.92 Å². The predicted octanol–water partition coefficient (Wildman–Crippen LogP) is 3.28. The zero-order valence-electron chi connectivity index (χ0n) is 9.50. The van der Waals surface area contributed by atoms with Gasteiger partial charge in [0.2, 0.25) is 0 Å². The second-order valence-electron chi connectivity index (χ2n) is 5.83. The van der Waals surface area contributed by atoms with E-state index in [0.29, 0.717) is 11.7 Å². The SMILES string of the molecule is CC1(C(=O)C2CC3CCC2C3)CCCS1. The van der Waals surface area contributed by atoms with E-state index < -0.39 is 0 Å². The highest BCUT2D eigenvalue weighted by molar-refractivity contribution is 8.01. The van der Waals surface area contributed by atoms with Crippen molar-refractivity contribution in [2.24, 2.45) is 17.8 Å². The lowest BCUT2D eigenvalue weighted by Crippen LogP contribution is -2.37. The van der Waals surface area contributed by atoms with Gasteiger partial charge in [-0.15, -0.1) is 11.8 Å². The third kappa shape index (κ3) is 1.56. The summed E-state index contributed by atoms with van der Waals surface area (Å²) in [6, 6.07) is 0. The fourth-order valence-electron chi connectivity index (χ4n) is 3.93. The minimum absolute atomic E-state index is 0.00481. The van der Waals surface area contributed by atoms with Crippen LogP contribution >= 0.6 is 11.8 Å². The number of carbonyl (C=O) groups is 1. The van der Waals surface area contributed by atoms with Gasteiger partial charge in [-0.25, -0.2) is 0 Å². The molecule has 3 aliphatic rings. The van der Waals surface area contributed by atoms with Crippen molar-refractivity contribution in [2.75, 3.05) is 5.75 Å². The highest BCUT2D eigenvalue weighted by Gasteiger charge is 2.49. The molecule has 2 bridgehead atoms. The van der Waals surface area contributed by atoms with E-state index in [4.69, 9.17) is 0 Å². The van der Waals surface area contributed by atoms with E-state index in [9.17, 15) is 4.79 Å². The van der Waals surface area contributed by atoms with Crippen LogP contribution in [-0.2, 0) is 4.79 Å². The first-order valence-electron chi connectivity index (χ1n) is 6.37. The lowest BCUT2D eigenvalue weighted by Gasteiger charge is -2.29. The molecular formula is C13H20OS. The average molecular weight is 224 g/mol. The van der Waals surface area contributed by atoms with Crippen molar-refractivity contribution < 1.29 is 4.79 Å². The van der Waals surface area contributed by atoms with Crippen LogP contribution in [0.5, 0.6) is 0 Å². The fourth-order valence-corrected chi connectivity index (χ4v) is 5.25. The molecule has 84 valence electrons. The van der Waals surface area contributed by atoms with Crippen LogP contribution in [0.25, 0.3) is 0 Å². The van der Waals surface area contributed by atoms with Crippen molar-refractivity contribution in [3.63, 3.8) is 0 Å². The van der Waals surface area contributed by atoms with E-state index in [1.165, 1.54) is 37.9 Å². The average Bonchev–Trinajstić information content (AvgIpc) is 2.91. The van der Waals surface area contributed by atoms with Crippen LogP contribution in [0, 0.1) is 17.8 Å². The van der Waals surface area contributed by atoms with Crippen molar-refractivity contribution in [2.45, 2.75) is 50.2 Å². The Hall–Kier alpha value is 0.0200. The van der Waals surface area contributed by atoms with Crippen molar-refractivity contribution in [3.05, 3.63) is 0 Å². The summed E-state index contributed by atoms with van der Waals surface area (Å²) < 4.78 is -0.00481. The minimum Gasteiger partial charge on any atom is -0.298 e. The number of ketones is 1. The maximum atomic E-state index is 12.5. The van der Waals surface area contributed by atoms with Gasteiger partial charge in [0.25, 0.3) is 0 Å². The molecule has 1 heterocycles. The predicted molar refractivity (Wildman–Crippen MR) is 64.0 cm³/mol. The number of Topliss-reactive ketones (excluding diaryl/α,β-unsaturated/α-hetero) is 1. The summed E-state index contributed by atoms with van der Waals surface area (Å²) in [5.41, 5.74) is 0. The van der Waals surface area contributed by atoms with Crippen LogP contribution in [0.3, 0.4) is 0 Å². The molecule has 3 fully saturated rings. The number of rotatable bonds is 2. The zero-order chi connectivity index (χ0) is 10.5. The smallest absolute Gasteiger partial charge is 0.151 e. The minimum atomic E-state index is -0.00481. The molecule has 0 radical (unpaired) electrons. The Bertz CT molecular complexity index is 280. The third-order valence-corrected chi connectivity index (χ3v) is 6.35. The van der Waals surface area contributed by atoms with Gasteiger partial charge in [-0.1, -0.05) is 6.42 Å². The summed E-state index contributed by atoms with van der Waals surface area (Å²) in [4.78, 5) is 12.5. The van der Waals surface area contributed by atoms with Crippen LogP contribution in [0.4, 0.5) is 0 Å². The summed E-state index contributed by atoms with van der Waals surface area (Å²) in [6.45, 7) is 2.19. The van der Waals surface area contributed by atoms with E-state index in [1.54, 1.807) is 0 Å². The lowest BCUT2D eigenvalue weighted by molar-refractivity contribution is -0.126. The molecule has 1 nitrogen and oxygen atoms in total. The number of fused-ring (bicyclic) bond motifs is 2. The topological polar surface area (TPSA) is 17.1 Å². The largest absolute Gasteiger partial charge is 0.298 e. The van der Waals surface area contributed by atoms with Crippen LogP contribution in [-0.4, -0.2) is 16.3 Å². The highest BCUT2D eigenvalue weighted by atomic mass is 32.2. The molecule has 2 aliphatic carbocycles. The molecule has 0 N–H and O–H groups in total. The number of hydrogen-bond acceptors (Lipinski definition) is 2. The molecule has 4 unspecified atom stereocenters. The van der Waals surface area contributed by atoms with Crippen LogP contribution in [0.15, 0.2) is 0 Å². The van der Waals surface area contributed by atoms with Crippen LogP contribution in [0.1, 0.15) is 45.4 Å². The maximum absolute atomic E-state index is 12.5. The van der Waals surface area contributed by atoms with E-state index >= 15 is 0 Å². The van der Waals surface area contributed by atoms with Crippen LogP contribution < -0.4 is 0 Å². The molecule has 1 saturated heterocycles. The van der Waals surface area contributed by atoms with Crippen molar-refractivity contribution in [1.29, 1.82) is 0 Å². The second kappa shape index (κ2) is 3.51. The molecule has 15 heavy (non-hydrogen) atoms. The first-order valence-corrected chi connectivity index (χ1v) is 7.36. The fraction of sp³-hybridized carbons (Fsp3) is 0.923. The second-order valence-corrected chi connectivity index (χ2v) is 7.43.